The molecule has 0 saturated heterocycles. The Bertz CT molecular complexity index is 530. The summed E-state index contributed by atoms with van der Waals surface area (Å²) in [5, 5.41) is 8.10. The zero-order valence-corrected chi connectivity index (χ0v) is 11.8. The van der Waals surface area contributed by atoms with Crippen LogP contribution in [0.15, 0.2) is 35.4 Å². The van der Waals surface area contributed by atoms with Gasteiger partial charge in [0.25, 0.3) is 0 Å². The Labute approximate surface area is 116 Å². The fourth-order valence-electron chi connectivity index (χ4n) is 1.49. The SMILES string of the molecule is CC(C)(N)c1cn(CCSc2ccc(F)cc2)nn1. The van der Waals surface area contributed by atoms with Gasteiger partial charge in [-0.3, -0.25) is 4.68 Å². The van der Waals surface area contributed by atoms with E-state index in [0.717, 1.165) is 22.9 Å². The standard InChI is InChI=1S/C13H17FN4S/c1-13(2,15)12-9-18(17-16-12)7-8-19-11-5-3-10(14)4-6-11/h3-6,9H,7-8,15H2,1-2H3. The number of thioether (sulfide) groups is 1. The number of hydrogen-bond acceptors (Lipinski definition) is 4. The molecule has 0 atom stereocenters. The fourth-order valence-corrected chi connectivity index (χ4v) is 2.33. The first-order valence-electron chi connectivity index (χ1n) is 6.03. The van der Waals surface area contributed by atoms with Crippen LogP contribution in [0, 0.1) is 5.82 Å². The Morgan fingerprint density at radius 3 is 2.58 bits per heavy atom. The maximum atomic E-state index is 12.7. The van der Waals surface area contributed by atoms with Crippen LogP contribution in [0.3, 0.4) is 0 Å². The summed E-state index contributed by atoms with van der Waals surface area (Å²) in [6.07, 6.45) is 1.87. The normalized spacial score (nSPS) is 11.8. The summed E-state index contributed by atoms with van der Waals surface area (Å²) < 4.78 is 14.5. The van der Waals surface area contributed by atoms with Gasteiger partial charge in [-0.15, -0.1) is 16.9 Å². The number of hydrogen-bond donors (Lipinski definition) is 1. The molecule has 2 N–H and O–H groups in total. The Balaban J connectivity index is 1.86. The van der Waals surface area contributed by atoms with Crippen LogP contribution >= 0.6 is 11.8 Å². The van der Waals surface area contributed by atoms with Gasteiger partial charge in [-0.25, -0.2) is 4.39 Å². The summed E-state index contributed by atoms with van der Waals surface area (Å²) >= 11 is 1.65. The molecule has 102 valence electrons. The second kappa shape index (κ2) is 5.71. The molecule has 1 aromatic heterocycles. The van der Waals surface area contributed by atoms with Gasteiger partial charge in [0.2, 0.25) is 0 Å². The fraction of sp³-hybridized carbons (Fsp3) is 0.385. The van der Waals surface area contributed by atoms with E-state index < -0.39 is 5.54 Å². The van der Waals surface area contributed by atoms with E-state index in [1.54, 1.807) is 28.6 Å². The summed E-state index contributed by atoms with van der Waals surface area (Å²) in [6, 6.07) is 6.48. The molecule has 4 nitrogen and oxygen atoms in total. The van der Waals surface area contributed by atoms with Crippen molar-refractivity contribution in [2.24, 2.45) is 5.73 Å². The highest BCUT2D eigenvalue weighted by atomic mass is 32.2. The van der Waals surface area contributed by atoms with Crippen LogP contribution in [0.1, 0.15) is 19.5 Å². The van der Waals surface area contributed by atoms with Crippen LogP contribution in [0.25, 0.3) is 0 Å². The predicted octanol–water partition coefficient (Wildman–Crippen LogP) is 2.40. The Morgan fingerprint density at radius 2 is 2.00 bits per heavy atom. The maximum absolute atomic E-state index is 12.7. The second-order valence-electron chi connectivity index (χ2n) is 4.89. The van der Waals surface area contributed by atoms with E-state index in [1.165, 1.54) is 12.1 Å². The molecule has 6 heteroatoms. The van der Waals surface area contributed by atoms with E-state index in [1.807, 2.05) is 20.0 Å². The Hall–Kier alpha value is -1.40. The van der Waals surface area contributed by atoms with Crippen molar-refractivity contribution in [2.75, 3.05) is 5.75 Å². The Kier molecular flexibility index (Phi) is 4.21. The maximum Gasteiger partial charge on any atom is 0.123 e. The van der Waals surface area contributed by atoms with Gasteiger partial charge >= 0.3 is 0 Å². The van der Waals surface area contributed by atoms with Crippen LogP contribution in [0.4, 0.5) is 4.39 Å². The van der Waals surface area contributed by atoms with Crippen LogP contribution in [0.5, 0.6) is 0 Å². The summed E-state index contributed by atoms with van der Waals surface area (Å²) in [7, 11) is 0. The van der Waals surface area contributed by atoms with Crippen molar-refractivity contribution in [3.8, 4) is 0 Å². The second-order valence-corrected chi connectivity index (χ2v) is 6.06. The Morgan fingerprint density at radius 1 is 1.32 bits per heavy atom. The molecule has 0 aliphatic heterocycles. The van der Waals surface area contributed by atoms with Crippen molar-refractivity contribution in [3.05, 3.63) is 42.0 Å². The third-order valence-corrected chi connectivity index (χ3v) is 3.59. The number of nitrogens with zero attached hydrogens (tertiary/aromatic N) is 3. The van der Waals surface area contributed by atoms with Gasteiger partial charge < -0.3 is 5.73 Å². The average Bonchev–Trinajstić information content (AvgIpc) is 2.80. The smallest absolute Gasteiger partial charge is 0.123 e. The minimum atomic E-state index is -0.470. The molecule has 1 aromatic carbocycles. The number of halogens is 1. The van der Waals surface area contributed by atoms with E-state index in [9.17, 15) is 4.39 Å². The van der Waals surface area contributed by atoms with Gasteiger partial charge in [0.05, 0.1) is 18.3 Å². The lowest BCUT2D eigenvalue weighted by Crippen LogP contribution is -2.29. The molecule has 0 unspecified atom stereocenters. The predicted molar refractivity (Wildman–Crippen MR) is 74.4 cm³/mol. The van der Waals surface area contributed by atoms with Gasteiger partial charge in [-0.1, -0.05) is 5.21 Å². The number of rotatable bonds is 5. The molecule has 0 aliphatic rings. The van der Waals surface area contributed by atoms with Crippen molar-refractivity contribution in [3.63, 3.8) is 0 Å². The molecule has 0 spiro atoms. The highest BCUT2D eigenvalue weighted by Crippen LogP contribution is 2.18. The van der Waals surface area contributed by atoms with Crippen molar-refractivity contribution in [1.82, 2.24) is 15.0 Å². The third-order valence-electron chi connectivity index (χ3n) is 2.60. The first-order valence-corrected chi connectivity index (χ1v) is 7.01. The van der Waals surface area contributed by atoms with Crippen molar-refractivity contribution >= 4 is 11.8 Å². The molecule has 1 heterocycles. The number of aromatic nitrogens is 3. The molecule has 2 rings (SSSR count). The molecule has 0 aliphatic carbocycles. The van der Waals surface area contributed by atoms with Crippen LogP contribution in [-0.4, -0.2) is 20.7 Å². The molecule has 2 aromatic rings. The molecule has 0 amide bonds. The number of nitrogens with two attached hydrogens (primary N) is 1. The average molecular weight is 280 g/mol. The highest BCUT2D eigenvalue weighted by Gasteiger charge is 2.17. The molecule has 19 heavy (non-hydrogen) atoms. The van der Waals surface area contributed by atoms with Crippen molar-refractivity contribution in [2.45, 2.75) is 30.8 Å². The largest absolute Gasteiger partial charge is 0.320 e. The summed E-state index contributed by atoms with van der Waals surface area (Å²) in [5.41, 5.74) is 6.25. The lowest BCUT2D eigenvalue weighted by molar-refractivity contribution is 0.533. The van der Waals surface area contributed by atoms with Gasteiger partial charge in [-0.05, 0) is 38.1 Å². The van der Waals surface area contributed by atoms with E-state index in [4.69, 9.17) is 5.73 Å². The molecule has 0 fully saturated rings. The first kappa shape index (κ1) is 14.0. The summed E-state index contributed by atoms with van der Waals surface area (Å²) in [5.74, 6) is 0.634. The molecule has 0 saturated carbocycles. The molecule has 0 radical (unpaired) electrons. The number of benzene rings is 1. The highest BCUT2D eigenvalue weighted by molar-refractivity contribution is 7.99. The quantitative estimate of drug-likeness (QED) is 0.854. The zero-order chi connectivity index (χ0) is 13.9. The van der Waals surface area contributed by atoms with Crippen LogP contribution < -0.4 is 5.73 Å². The summed E-state index contributed by atoms with van der Waals surface area (Å²) in [4.78, 5) is 1.04. The van der Waals surface area contributed by atoms with Crippen LogP contribution in [-0.2, 0) is 12.1 Å². The van der Waals surface area contributed by atoms with E-state index in [0.29, 0.717) is 0 Å². The molecule has 0 bridgehead atoms. The van der Waals surface area contributed by atoms with Crippen molar-refractivity contribution < 1.29 is 4.39 Å². The van der Waals surface area contributed by atoms with Crippen molar-refractivity contribution in [1.29, 1.82) is 0 Å². The van der Waals surface area contributed by atoms with Gasteiger partial charge in [-0.2, -0.15) is 0 Å². The molecular weight excluding hydrogens is 263 g/mol. The first-order chi connectivity index (χ1) is 8.95. The van der Waals surface area contributed by atoms with E-state index in [2.05, 4.69) is 10.3 Å². The van der Waals surface area contributed by atoms with Crippen LogP contribution in [0.2, 0.25) is 0 Å². The minimum Gasteiger partial charge on any atom is -0.320 e. The lowest BCUT2D eigenvalue weighted by Gasteiger charge is -2.13. The summed E-state index contributed by atoms with van der Waals surface area (Å²) in [6.45, 7) is 4.54. The lowest BCUT2D eigenvalue weighted by atomic mass is 10.0. The van der Waals surface area contributed by atoms with Gasteiger partial charge in [0.15, 0.2) is 0 Å². The minimum absolute atomic E-state index is 0.213. The third kappa shape index (κ3) is 4.04. The zero-order valence-electron chi connectivity index (χ0n) is 11.0. The van der Waals surface area contributed by atoms with E-state index >= 15 is 0 Å². The van der Waals surface area contributed by atoms with E-state index in [-0.39, 0.29) is 5.82 Å². The van der Waals surface area contributed by atoms with Gasteiger partial charge in [0, 0.05) is 10.6 Å². The number of aryl methyl sites for hydroxylation is 1. The molecular formula is C13H17FN4S. The topological polar surface area (TPSA) is 56.7 Å². The monoisotopic (exact) mass is 280 g/mol. The van der Waals surface area contributed by atoms with Gasteiger partial charge in [0.1, 0.15) is 11.5 Å².